The van der Waals surface area contributed by atoms with Gasteiger partial charge in [-0.2, -0.15) is 0 Å². The van der Waals surface area contributed by atoms with Gasteiger partial charge in [0.15, 0.2) is 0 Å². The molecule has 0 spiro atoms. The molecule has 0 bridgehead atoms. The molecule has 0 saturated carbocycles. The fraction of sp³-hybridized carbons (Fsp3) is 0.294. The number of halogens is 1. The number of aryl methyl sites for hydroxylation is 1. The first-order valence-corrected chi connectivity index (χ1v) is 6.86. The summed E-state index contributed by atoms with van der Waals surface area (Å²) in [4.78, 5) is 0. The molecule has 2 atom stereocenters. The molecule has 0 fully saturated rings. The monoisotopic (exact) mass is 288 g/mol. The number of methoxy groups -OCH3 is 1. The minimum atomic E-state index is -0.738. The normalized spacial score (nSPS) is 20.2. The summed E-state index contributed by atoms with van der Waals surface area (Å²) in [7, 11) is 1.59. The van der Waals surface area contributed by atoms with Crippen molar-refractivity contribution in [1.82, 2.24) is 0 Å². The highest BCUT2D eigenvalue weighted by Gasteiger charge is 2.33. The van der Waals surface area contributed by atoms with Crippen LogP contribution in [0, 0.1) is 12.7 Å². The highest BCUT2D eigenvalue weighted by Crippen LogP contribution is 2.36. The van der Waals surface area contributed by atoms with Crippen LogP contribution in [-0.4, -0.2) is 18.3 Å². The SMILES string of the molecule is COc1ccc2c(c1)C(O)C(Oc1cc(F)ccc1C)C2. The first-order chi connectivity index (χ1) is 10.1. The molecule has 4 heteroatoms. The van der Waals surface area contributed by atoms with Crippen LogP contribution in [0.25, 0.3) is 0 Å². The fourth-order valence-corrected chi connectivity index (χ4v) is 2.66. The largest absolute Gasteiger partial charge is 0.497 e. The molecule has 0 saturated heterocycles. The van der Waals surface area contributed by atoms with Crippen LogP contribution in [-0.2, 0) is 6.42 Å². The van der Waals surface area contributed by atoms with Crippen molar-refractivity contribution in [2.75, 3.05) is 7.11 Å². The minimum absolute atomic E-state index is 0.345. The second kappa shape index (κ2) is 5.37. The van der Waals surface area contributed by atoms with Gasteiger partial charge in [-0.3, -0.25) is 0 Å². The van der Waals surface area contributed by atoms with E-state index in [-0.39, 0.29) is 5.82 Å². The van der Waals surface area contributed by atoms with Gasteiger partial charge in [-0.05, 0) is 41.8 Å². The average molecular weight is 288 g/mol. The van der Waals surface area contributed by atoms with Gasteiger partial charge in [-0.1, -0.05) is 12.1 Å². The van der Waals surface area contributed by atoms with Crippen LogP contribution in [0.1, 0.15) is 22.8 Å². The molecule has 1 aliphatic carbocycles. The Hall–Kier alpha value is -2.07. The molecular weight excluding hydrogens is 271 g/mol. The van der Waals surface area contributed by atoms with Gasteiger partial charge in [0.2, 0.25) is 0 Å². The Bertz CT molecular complexity index is 669. The van der Waals surface area contributed by atoms with Crippen LogP contribution in [0.5, 0.6) is 11.5 Å². The maximum atomic E-state index is 13.3. The van der Waals surface area contributed by atoms with E-state index in [0.717, 1.165) is 16.7 Å². The van der Waals surface area contributed by atoms with E-state index in [9.17, 15) is 9.50 Å². The van der Waals surface area contributed by atoms with Crippen molar-refractivity contribution >= 4 is 0 Å². The summed E-state index contributed by atoms with van der Waals surface area (Å²) in [6, 6.07) is 10.0. The molecule has 2 unspecified atom stereocenters. The van der Waals surface area contributed by atoms with Crippen LogP contribution >= 0.6 is 0 Å². The Balaban J connectivity index is 1.84. The summed E-state index contributed by atoms with van der Waals surface area (Å²) >= 11 is 0. The van der Waals surface area contributed by atoms with Crippen molar-refractivity contribution in [2.24, 2.45) is 0 Å². The summed E-state index contributed by atoms with van der Waals surface area (Å²) in [6.07, 6.45) is -0.554. The van der Waals surface area contributed by atoms with Gasteiger partial charge in [-0.25, -0.2) is 4.39 Å². The highest BCUT2D eigenvalue weighted by molar-refractivity contribution is 5.42. The van der Waals surface area contributed by atoms with Crippen LogP contribution in [0.4, 0.5) is 4.39 Å². The Kier molecular flexibility index (Phi) is 3.55. The number of hydrogen-bond acceptors (Lipinski definition) is 3. The standard InChI is InChI=1S/C17H17FO3/c1-10-3-5-12(18)8-15(10)21-16-7-11-4-6-13(20-2)9-14(11)17(16)19/h3-6,8-9,16-17,19H,7H2,1-2H3. The Morgan fingerprint density at radius 1 is 1.19 bits per heavy atom. The predicted molar refractivity (Wildman–Crippen MR) is 77.2 cm³/mol. The summed E-state index contributed by atoms with van der Waals surface area (Å²) in [6.45, 7) is 1.85. The predicted octanol–water partition coefficient (Wildman–Crippen LogP) is 3.18. The maximum Gasteiger partial charge on any atom is 0.133 e. The molecule has 1 aliphatic rings. The zero-order valence-electron chi connectivity index (χ0n) is 12.0. The lowest BCUT2D eigenvalue weighted by Gasteiger charge is -2.19. The van der Waals surface area contributed by atoms with Crippen molar-refractivity contribution in [3.63, 3.8) is 0 Å². The molecule has 2 aromatic rings. The molecule has 0 aromatic heterocycles. The van der Waals surface area contributed by atoms with Gasteiger partial charge >= 0.3 is 0 Å². The van der Waals surface area contributed by atoms with Gasteiger partial charge in [0.1, 0.15) is 29.5 Å². The lowest BCUT2D eigenvalue weighted by molar-refractivity contribution is 0.0487. The second-order valence-corrected chi connectivity index (χ2v) is 5.28. The number of ether oxygens (including phenoxy) is 2. The number of aliphatic hydroxyl groups is 1. The lowest BCUT2D eigenvalue weighted by atomic mass is 10.1. The first-order valence-electron chi connectivity index (χ1n) is 6.86. The second-order valence-electron chi connectivity index (χ2n) is 5.28. The van der Waals surface area contributed by atoms with E-state index in [4.69, 9.17) is 9.47 Å². The van der Waals surface area contributed by atoms with Crippen LogP contribution < -0.4 is 9.47 Å². The Morgan fingerprint density at radius 3 is 2.76 bits per heavy atom. The van der Waals surface area contributed by atoms with Crippen molar-refractivity contribution in [1.29, 1.82) is 0 Å². The zero-order valence-corrected chi connectivity index (χ0v) is 12.0. The van der Waals surface area contributed by atoms with Gasteiger partial charge in [-0.15, -0.1) is 0 Å². The molecule has 3 rings (SSSR count). The number of hydrogen-bond donors (Lipinski definition) is 1. The molecule has 0 heterocycles. The number of benzene rings is 2. The van der Waals surface area contributed by atoms with E-state index in [1.54, 1.807) is 13.2 Å². The minimum Gasteiger partial charge on any atom is -0.497 e. The van der Waals surface area contributed by atoms with E-state index in [0.29, 0.717) is 17.9 Å². The smallest absolute Gasteiger partial charge is 0.133 e. The van der Waals surface area contributed by atoms with Crippen molar-refractivity contribution in [3.05, 3.63) is 58.9 Å². The topological polar surface area (TPSA) is 38.7 Å². The fourth-order valence-electron chi connectivity index (χ4n) is 2.66. The van der Waals surface area contributed by atoms with Gasteiger partial charge in [0.05, 0.1) is 7.11 Å². The van der Waals surface area contributed by atoms with Crippen molar-refractivity contribution in [2.45, 2.75) is 25.6 Å². The molecule has 0 amide bonds. The van der Waals surface area contributed by atoms with Crippen molar-refractivity contribution in [3.8, 4) is 11.5 Å². The number of rotatable bonds is 3. The highest BCUT2D eigenvalue weighted by atomic mass is 19.1. The third-order valence-corrected chi connectivity index (χ3v) is 3.87. The zero-order chi connectivity index (χ0) is 15.0. The summed E-state index contributed by atoms with van der Waals surface area (Å²) in [5, 5.41) is 10.4. The molecule has 21 heavy (non-hydrogen) atoms. The third kappa shape index (κ3) is 2.59. The quantitative estimate of drug-likeness (QED) is 0.942. The first kappa shape index (κ1) is 13.9. The summed E-state index contributed by atoms with van der Waals surface area (Å²) in [5.41, 5.74) is 2.69. The maximum absolute atomic E-state index is 13.3. The van der Waals surface area contributed by atoms with Crippen LogP contribution in [0.15, 0.2) is 36.4 Å². The molecule has 0 aliphatic heterocycles. The number of fused-ring (bicyclic) bond motifs is 1. The van der Waals surface area contributed by atoms with Crippen LogP contribution in [0.3, 0.4) is 0 Å². The average Bonchev–Trinajstić information content (AvgIpc) is 2.79. The molecular formula is C17H17FO3. The van der Waals surface area contributed by atoms with Gasteiger partial charge in [0, 0.05) is 12.5 Å². The Labute approximate surface area is 122 Å². The van der Waals surface area contributed by atoms with Crippen LogP contribution in [0.2, 0.25) is 0 Å². The molecule has 2 aromatic carbocycles. The van der Waals surface area contributed by atoms with E-state index in [1.807, 2.05) is 25.1 Å². The molecule has 1 N–H and O–H groups in total. The van der Waals surface area contributed by atoms with E-state index in [2.05, 4.69) is 0 Å². The summed E-state index contributed by atoms with van der Waals surface area (Å²) < 4.78 is 24.3. The van der Waals surface area contributed by atoms with Gasteiger partial charge in [0.25, 0.3) is 0 Å². The van der Waals surface area contributed by atoms with E-state index >= 15 is 0 Å². The lowest BCUT2D eigenvalue weighted by Crippen LogP contribution is -2.22. The number of aliphatic hydroxyl groups excluding tert-OH is 1. The van der Waals surface area contributed by atoms with Crippen molar-refractivity contribution < 1.29 is 19.0 Å². The van der Waals surface area contributed by atoms with E-state index in [1.165, 1.54) is 12.1 Å². The summed E-state index contributed by atoms with van der Waals surface area (Å²) in [5.74, 6) is 0.830. The Morgan fingerprint density at radius 2 is 2.00 bits per heavy atom. The third-order valence-electron chi connectivity index (χ3n) is 3.87. The molecule has 3 nitrogen and oxygen atoms in total. The molecule has 110 valence electrons. The molecule has 0 radical (unpaired) electrons. The van der Waals surface area contributed by atoms with Gasteiger partial charge < -0.3 is 14.6 Å². The van der Waals surface area contributed by atoms with E-state index < -0.39 is 12.2 Å².